The molecule has 0 saturated heterocycles. The Balaban J connectivity index is 1.72. The monoisotopic (exact) mass is 324 g/mol. The summed E-state index contributed by atoms with van der Waals surface area (Å²) in [4.78, 5) is 0. The van der Waals surface area contributed by atoms with Crippen LogP contribution in [-0.4, -0.2) is 6.10 Å². The molecule has 1 heteroatoms. The maximum atomic E-state index is 6.36. The van der Waals surface area contributed by atoms with E-state index in [0.717, 1.165) is 18.1 Å². The van der Waals surface area contributed by atoms with E-state index in [-0.39, 0.29) is 0 Å². The lowest BCUT2D eigenvalue weighted by molar-refractivity contribution is 0.0883. The topological polar surface area (TPSA) is 9.23 Å². The molecule has 0 atom stereocenters. The lowest BCUT2D eigenvalue weighted by Gasteiger charge is -2.37. The Bertz CT molecular complexity index is 700. The van der Waals surface area contributed by atoms with Crippen molar-refractivity contribution in [3.05, 3.63) is 41.5 Å². The summed E-state index contributed by atoms with van der Waals surface area (Å²) >= 11 is 0. The van der Waals surface area contributed by atoms with Crippen molar-refractivity contribution in [3.63, 3.8) is 0 Å². The van der Waals surface area contributed by atoms with Crippen LogP contribution < -0.4 is 4.74 Å². The number of hydrogen-bond acceptors (Lipinski definition) is 1. The SMILES string of the molecule is CCc1ccc2cc(OC3CCC(C(C)(C)C)CC3)cc(C)c2c1. The van der Waals surface area contributed by atoms with Gasteiger partial charge in [0.2, 0.25) is 0 Å². The maximum Gasteiger partial charge on any atom is 0.120 e. The molecule has 130 valence electrons. The first-order valence-electron chi connectivity index (χ1n) is 9.56. The van der Waals surface area contributed by atoms with Crippen LogP contribution in [0.25, 0.3) is 10.8 Å². The Hall–Kier alpha value is -1.50. The van der Waals surface area contributed by atoms with Crippen molar-refractivity contribution in [1.29, 1.82) is 0 Å². The van der Waals surface area contributed by atoms with Gasteiger partial charge in [0.25, 0.3) is 0 Å². The summed E-state index contributed by atoms with van der Waals surface area (Å²) in [5.74, 6) is 1.88. The average Bonchev–Trinajstić information content (AvgIpc) is 2.54. The van der Waals surface area contributed by atoms with E-state index in [1.165, 1.54) is 47.6 Å². The van der Waals surface area contributed by atoms with Gasteiger partial charge in [0.15, 0.2) is 0 Å². The largest absolute Gasteiger partial charge is 0.490 e. The van der Waals surface area contributed by atoms with Crippen molar-refractivity contribution in [2.45, 2.75) is 72.8 Å². The summed E-state index contributed by atoms with van der Waals surface area (Å²) in [7, 11) is 0. The lowest BCUT2D eigenvalue weighted by Crippen LogP contribution is -2.30. The molecule has 1 aliphatic carbocycles. The van der Waals surface area contributed by atoms with Gasteiger partial charge in [-0.3, -0.25) is 0 Å². The molecule has 0 radical (unpaired) electrons. The first-order chi connectivity index (χ1) is 11.4. The molecule has 0 bridgehead atoms. The number of benzene rings is 2. The second-order valence-corrected chi connectivity index (χ2v) is 8.61. The molecule has 0 aliphatic heterocycles. The van der Waals surface area contributed by atoms with E-state index >= 15 is 0 Å². The van der Waals surface area contributed by atoms with Crippen LogP contribution in [0.1, 0.15) is 64.5 Å². The summed E-state index contributed by atoms with van der Waals surface area (Å²) in [6.45, 7) is 11.5. The van der Waals surface area contributed by atoms with Crippen LogP contribution >= 0.6 is 0 Å². The van der Waals surface area contributed by atoms with Gasteiger partial charge in [-0.05, 0) is 84.4 Å². The normalized spacial score (nSPS) is 21.9. The second kappa shape index (κ2) is 6.78. The Kier molecular flexibility index (Phi) is 4.90. The second-order valence-electron chi connectivity index (χ2n) is 8.61. The molecule has 2 aromatic carbocycles. The van der Waals surface area contributed by atoms with Crippen LogP contribution in [0, 0.1) is 18.3 Å². The van der Waals surface area contributed by atoms with Gasteiger partial charge < -0.3 is 4.74 Å². The fourth-order valence-electron chi connectivity index (χ4n) is 4.08. The highest BCUT2D eigenvalue weighted by atomic mass is 16.5. The van der Waals surface area contributed by atoms with E-state index < -0.39 is 0 Å². The molecule has 3 rings (SSSR count). The van der Waals surface area contributed by atoms with Gasteiger partial charge >= 0.3 is 0 Å². The first-order valence-corrected chi connectivity index (χ1v) is 9.56. The van der Waals surface area contributed by atoms with E-state index in [2.05, 4.69) is 65.0 Å². The molecule has 1 saturated carbocycles. The highest BCUT2D eigenvalue weighted by Crippen LogP contribution is 2.39. The van der Waals surface area contributed by atoms with Crippen LogP contribution in [0.15, 0.2) is 30.3 Å². The van der Waals surface area contributed by atoms with Crippen molar-refractivity contribution < 1.29 is 4.74 Å². The van der Waals surface area contributed by atoms with E-state index in [1.54, 1.807) is 0 Å². The predicted octanol–water partition coefficient (Wildman–Crippen LogP) is 6.69. The molecule has 0 unspecified atom stereocenters. The molecule has 1 aliphatic rings. The Morgan fingerprint density at radius 2 is 1.71 bits per heavy atom. The number of hydrogen-bond donors (Lipinski definition) is 0. The van der Waals surface area contributed by atoms with Gasteiger partial charge in [-0.1, -0.05) is 45.9 Å². The van der Waals surface area contributed by atoms with E-state index in [4.69, 9.17) is 4.74 Å². The average molecular weight is 325 g/mol. The smallest absolute Gasteiger partial charge is 0.120 e. The van der Waals surface area contributed by atoms with Crippen LogP contribution in [0.5, 0.6) is 5.75 Å². The van der Waals surface area contributed by atoms with Gasteiger partial charge in [-0.25, -0.2) is 0 Å². The standard InChI is InChI=1S/C23H32O/c1-6-17-7-8-18-15-21(13-16(2)22(18)14-17)24-20-11-9-19(10-12-20)23(3,4)5/h7-8,13-15,19-20H,6,9-12H2,1-5H3. The first kappa shape index (κ1) is 17.3. The molecular weight excluding hydrogens is 292 g/mol. The predicted molar refractivity (Wildman–Crippen MR) is 104 cm³/mol. The zero-order chi connectivity index (χ0) is 17.3. The number of rotatable bonds is 3. The zero-order valence-corrected chi connectivity index (χ0v) is 16.0. The molecule has 1 nitrogen and oxygen atoms in total. The summed E-state index contributed by atoms with van der Waals surface area (Å²) in [6, 6.07) is 11.2. The Morgan fingerprint density at radius 3 is 2.33 bits per heavy atom. The number of ether oxygens (including phenoxy) is 1. The molecule has 0 amide bonds. The van der Waals surface area contributed by atoms with Gasteiger partial charge in [0.05, 0.1) is 6.10 Å². The van der Waals surface area contributed by atoms with Crippen LogP contribution in [0.2, 0.25) is 0 Å². The molecule has 0 spiro atoms. The third-order valence-corrected chi connectivity index (χ3v) is 5.81. The highest BCUT2D eigenvalue weighted by Gasteiger charge is 2.30. The highest BCUT2D eigenvalue weighted by molar-refractivity contribution is 5.87. The summed E-state index contributed by atoms with van der Waals surface area (Å²) in [5.41, 5.74) is 3.16. The van der Waals surface area contributed by atoms with Gasteiger partial charge in [0.1, 0.15) is 5.75 Å². The summed E-state index contributed by atoms with van der Waals surface area (Å²) in [6.07, 6.45) is 6.43. The van der Waals surface area contributed by atoms with Crippen molar-refractivity contribution in [3.8, 4) is 5.75 Å². The quantitative estimate of drug-likeness (QED) is 0.611. The van der Waals surface area contributed by atoms with Crippen molar-refractivity contribution in [1.82, 2.24) is 0 Å². The Morgan fingerprint density at radius 1 is 1.00 bits per heavy atom. The van der Waals surface area contributed by atoms with Gasteiger partial charge in [-0.15, -0.1) is 0 Å². The molecule has 24 heavy (non-hydrogen) atoms. The van der Waals surface area contributed by atoms with E-state index in [0.29, 0.717) is 11.5 Å². The number of fused-ring (bicyclic) bond motifs is 1. The van der Waals surface area contributed by atoms with Crippen molar-refractivity contribution in [2.75, 3.05) is 0 Å². The minimum atomic E-state index is 0.385. The third kappa shape index (κ3) is 3.77. The maximum absolute atomic E-state index is 6.36. The minimum absolute atomic E-state index is 0.385. The van der Waals surface area contributed by atoms with E-state index in [1.807, 2.05) is 0 Å². The minimum Gasteiger partial charge on any atom is -0.490 e. The Labute approximate surface area is 147 Å². The van der Waals surface area contributed by atoms with Crippen LogP contribution in [0.4, 0.5) is 0 Å². The van der Waals surface area contributed by atoms with Crippen LogP contribution in [-0.2, 0) is 6.42 Å². The fourth-order valence-corrected chi connectivity index (χ4v) is 4.08. The molecule has 0 heterocycles. The number of aryl methyl sites for hydroxylation is 2. The van der Waals surface area contributed by atoms with Crippen LogP contribution in [0.3, 0.4) is 0 Å². The third-order valence-electron chi connectivity index (χ3n) is 5.81. The lowest BCUT2D eigenvalue weighted by atomic mass is 9.72. The summed E-state index contributed by atoms with van der Waals surface area (Å²) in [5, 5.41) is 2.66. The van der Waals surface area contributed by atoms with Crippen molar-refractivity contribution in [2.24, 2.45) is 11.3 Å². The fraction of sp³-hybridized carbons (Fsp3) is 0.565. The molecule has 0 aromatic heterocycles. The molecule has 1 fully saturated rings. The van der Waals surface area contributed by atoms with Crippen molar-refractivity contribution >= 4 is 10.8 Å². The zero-order valence-electron chi connectivity index (χ0n) is 16.0. The van der Waals surface area contributed by atoms with Gasteiger partial charge in [0, 0.05) is 0 Å². The van der Waals surface area contributed by atoms with Gasteiger partial charge in [-0.2, -0.15) is 0 Å². The molecule has 0 N–H and O–H groups in total. The molecule has 2 aromatic rings. The van der Waals surface area contributed by atoms with E-state index in [9.17, 15) is 0 Å². The summed E-state index contributed by atoms with van der Waals surface area (Å²) < 4.78 is 6.36. The molecular formula is C23H32O.